The molecule has 0 saturated heterocycles. The first-order valence-electron chi connectivity index (χ1n) is 9.28. The van der Waals surface area contributed by atoms with Gasteiger partial charge in [-0.1, -0.05) is 75.4 Å². The van der Waals surface area contributed by atoms with Crippen LogP contribution in [0.4, 0.5) is 17.1 Å². The van der Waals surface area contributed by atoms with Gasteiger partial charge < -0.3 is 4.90 Å². The lowest BCUT2D eigenvalue weighted by Gasteiger charge is -2.31. The van der Waals surface area contributed by atoms with Gasteiger partial charge in [-0.05, 0) is 54.2 Å². The predicted octanol–water partition coefficient (Wildman–Crippen LogP) is 7.23. The summed E-state index contributed by atoms with van der Waals surface area (Å²) in [4.78, 5) is 2.42. The highest BCUT2D eigenvalue weighted by Crippen LogP contribution is 2.41. The molecule has 0 aromatic heterocycles. The number of hydrogen-bond donors (Lipinski definition) is 0. The van der Waals surface area contributed by atoms with Crippen LogP contribution in [0.5, 0.6) is 0 Å². The van der Waals surface area contributed by atoms with Gasteiger partial charge in [0.15, 0.2) is 0 Å². The Balaban J connectivity index is 2.27. The van der Waals surface area contributed by atoms with Crippen LogP contribution in [0.15, 0.2) is 78.9 Å². The smallest absolute Gasteiger partial charge is 0.0528 e. The third-order valence-corrected chi connectivity index (χ3v) is 4.93. The molecule has 3 rings (SSSR count). The molecule has 1 heteroatoms. The van der Waals surface area contributed by atoms with Gasteiger partial charge in [0.2, 0.25) is 0 Å². The molecule has 1 unspecified atom stereocenters. The van der Waals surface area contributed by atoms with Gasteiger partial charge >= 0.3 is 0 Å². The molecule has 0 spiro atoms. The first kappa shape index (κ1) is 17.3. The largest absolute Gasteiger partial charge is 0.310 e. The molecule has 128 valence electrons. The molecule has 1 nitrogen and oxygen atoms in total. The lowest BCUT2D eigenvalue weighted by molar-refractivity contribution is 0.732. The Morgan fingerprint density at radius 2 is 1.28 bits per heavy atom. The van der Waals surface area contributed by atoms with Gasteiger partial charge in [0.25, 0.3) is 0 Å². The van der Waals surface area contributed by atoms with Crippen molar-refractivity contribution in [2.45, 2.75) is 39.5 Å². The Hall–Kier alpha value is -2.54. The normalized spacial score (nSPS) is 12.0. The Morgan fingerprint density at radius 3 is 1.76 bits per heavy atom. The van der Waals surface area contributed by atoms with Gasteiger partial charge in [-0.15, -0.1) is 0 Å². The second-order valence-corrected chi connectivity index (χ2v) is 6.52. The van der Waals surface area contributed by atoms with E-state index in [1.165, 1.54) is 28.2 Å². The minimum atomic E-state index is 0.524. The van der Waals surface area contributed by atoms with Gasteiger partial charge in [-0.3, -0.25) is 0 Å². The maximum absolute atomic E-state index is 2.42. The number of benzene rings is 3. The van der Waals surface area contributed by atoms with Crippen LogP contribution in [-0.4, -0.2) is 0 Å². The minimum absolute atomic E-state index is 0.524. The van der Waals surface area contributed by atoms with E-state index in [9.17, 15) is 0 Å². The second-order valence-electron chi connectivity index (χ2n) is 6.52. The van der Waals surface area contributed by atoms with Crippen molar-refractivity contribution in [2.75, 3.05) is 4.90 Å². The zero-order valence-corrected chi connectivity index (χ0v) is 15.4. The summed E-state index contributed by atoms with van der Waals surface area (Å²) in [5.41, 5.74) is 6.58. The van der Waals surface area contributed by atoms with Crippen molar-refractivity contribution in [1.82, 2.24) is 0 Å². The summed E-state index contributed by atoms with van der Waals surface area (Å²) < 4.78 is 0. The third-order valence-electron chi connectivity index (χ3n) is 4.93. The summed E-state index contributed by atoms with van der Waals surface area (Å²) in [7, 11) is 0. The summed E-state index contributed by atoms with van der Waals surface area (Å²) in [5, 5.41) is 0. The number of rotatable bonds is 6. The predicted molar refractivity (Wildman–Crippen MR) is 109 cm³/mol. The van der Waals surface area contributed by atoms with Crippen molar-refractivity contribution >= 4 is 17.1 Å². The SMILES string of the molecule is CCc1cccc(C(C)CC)c1N(c1ccccc1)c1ccccc1. The van der Waals surface area contributed by atoms with E-state index in [4.69, 9.17) is 0 Å². The number of para-hydroxylation sites is 3. The van der Waals surface area contributed by atoms with Gasteiger partial charge in [0.1, 0.15) is 0 Å². The summed E-state index contributed by atoms with van der Waals surface area (Å²) >= 11 is 0. The zero-order valence-electron chi connectivity index (χ0n) is 15.4. The highest BCUT2D eigenvalue weighted by molar-refractivity contribution is 5.80. The maximum Gasteiger partial charge on any atom is 0.0528 e. The molecule has 3 aromatic rings. The quantitative estimate of drug-likeness (QED) is 0.461. The molecule has 0 radical (unpaired) electrons. The number of nitrogens with zero attached hydrogens (tertiary/aromatic N) is 1. The molecule has 1 atom stereocenters. The molecule has 0 aliphatic heterocycles. The molecule has 0 aliphatic rings. The molecule has 0 fully saturated rings. The van der Waals surface area contributed by atoms with Gasteiger partial charge in [-0.2, -0.15) is 0 Å². The van der Waals surface area contributed by atoms with Crippen LogP contribution in [0.2, 0.25) is 0 Å². The maximum atomic E-state index is 2.42. The van der Waals surface area contributed by atoms with Crippen molar-refractivity contribution in [1.29, 1.82) is 0 Å². The van der Waals surface area contributed by atoms with Crippen LogP contribution in [-0.2, 0) is 6.42 Å². The molecule has 0 amide bonds. The standard InChI is InChI=1S/C24H27N/c1-4-19(3)23-18-12-13-20(5-2)24(23)25(21-14-8-6-9-15-21)22-16-10-7-11-17-22/h6-19H,4-5H2,1-3H3. The Morgan fingerprint density at radius 1 is 0.720 bits per heavy atom. The average molecular weight is 329 g/mol. The lowest BCUT2D eigenvalue weighted by Crippen LogP contribution is -2.15. The van der Waals surface area contributed by atoms with Crippen molar-refractivity contribution in [3.63, 3.8) is 0 Å². The van der Waals surface area contributed by atoms with E-state index in [-0.39, 0.29) is 0 Å². The fourth-order valence-electron chi connectivity index (χ4n) is 3.35. The number of aryl methyl sites for hydroxylation is 1. The van der Waals surface area contributed by atoms with E-state index >= 15 is 0 Å². The summed E-state index contributed by atoms with van der Waals surface area (Å²) in [5.74, 6) is 0.524. The van der Waals surface area contributed by atoms with E-state index in [0.29, 0.717) is 5.92 Å². The van der Waals surface area contributed by atoms with E-state index in [0.717, 1.165) is 12.8 Å². The Bertz CT molecular complexity index is 753. The minimum Gasteiger partial charge on any atom is -0.310 e. The summed E-state index contributed by atoms with van der Waals surface area (Å²) in [6.45, 7) is 6.84. The van der Waals surface area contributed by atoms with Crippen molar-refractivity contribution < 1.29 is 0 Å². The lowest BCUT2D eigenvalue weighted by atomic mass is 9.92. The van der Waals surface area contributed by atoms with Crippen LogP contribution in [0.3, 0.4) is 0 Å². The van der Waals surface area contributed by atoms with Crippen LogP contribution in [0, 0.1) is 0 Å². The van der Waals surface area contributed by atoms with Crippen molar-refractivity contribution in [3.05, 3.63) is 90.0 Å². The Kier molecular flexibility index (Phi) is 5.55. The highest BCUT2D eigenvalue weighted by Gasteiger charge is 2.20. The van der Waals surface area contributed by atoms with Crippen LogP contribution in [0.25, 0.3) is 0 Å². The molecule has 0 saturated carbocycles. The third kappa shape index (κ3) is 3.61. The number of anilines is 3. The molecular weight excluding hydrogens is 302 g/mol. The molecule has 0 aliphatic carbocycles. The average Bonchev–Trinajstić information content (AvgIpc) is 2.69. The fraction of sp³-hybridized carbons (Fsp3) is 0.250. The first-order valence-corrected chi connectivity index (χ1v) is 9.28. The molecule has 3 aromatic carbocycles. The summed E-state index contributed by atoms with van der Waals surface area (Å²) in [6, 6.07) is 28.2. The van der Waals surface area contributed by atoms with E-state index in [1.54, 1.807) is 0 Å². The van der Waals surface area contributed by atoms with Crippen LogP contribution >= 0.6 is 0 Å². The topological polar surface area (TPSA) is 3.24 Å². The Labute approximate surface area is 151 Å². The summed E-state index contributed by atoms with van der Waals surface area (Å²) in [6.07, 6.45) is 2.16. The second kappa shape index (κ2) is 8.02. The van der Waals surface area contributed by atoms with E-state index in [2.05, 4.69) is 105 Å². The molecule has 25 heavy (non-hydrogen) atoms. The van der Waals surface area contributed by atoms with Gasteiger partial charge in [-0.25, -0.2) is 0 Å². The van der Waals surface area contributed by atoms with Gasteiger partial charge in [0, 0.05) is 11.4 Å². The monoisotopic (exact) mass is 329 g/mol. The molecule has 0 N–H and O–H groups in total. The number of hydrogen-bond acceptors (Lipinski definition) is 1. The fourth-order valence-corrected chi connectivity index (χ4v) is 3.35. The van der Waals surface area contributed by atoms with Crippen molar-refractivity contribution in [3.8, 4) is 0 Å². The van der Waals surface area contributed by atoms with E-state index in [1.807, 2.05) is 0 Å². The first-order chi connectivity index (χ1) is 12.3. The van der Waals surface area contributed by atoms with Crippen LogP contribution < -0.4 is 4.90 Å². The highest BCUT2D eigenvalue weighted by atomic mass is 15.1. The zero-order chi connectivity index (χ0) is 17.6. The van der Waals surface area contributed by atoms with Gasteiger partial charge in [0.05, 0.1) is 5.69 Å². The molecule has 0 heterocycles. The van der Waals surface area contributed by atoms with E-state index < -0.39 is 0 Å². The van der Waals surface area contributed by atoms with Crippen LogP contribution in [0.1, 0.15) is 44.2 Å². The van der Waals surface area contributed by atoms with Crippen molar-refractivity contribution in [2.24, 2.45) is 0 Å². The molecule has 0 bridgehead atoms. The molecular formula is C24H27N.